The summed E-state index contributed by atoms with van der Waals surface area (Å²) in [7, 11) is 9.82. The molecule has 29 heteroatoms. The van der Waals surface area contributed by atoms with Crippen molar-refractivity contribution in [2.24, 2.45) is 35.5 Å². The number of halogens is 5. The molecule has 3 aliphatic heterocycles. The number of carbonyl (C=O) groups excluding carboxylic acids is 12. The van der Waals surface area contributed by atoms with Gasteiger partial charge in [0, 0.05) is 69.0 Å². The second kappa shape index (κ2) is 35.5. The second-order valence-corrected chi connectivity index (χ2v) is 30.6. The van der Waals surface area contributed by atoms with Crippen molar-refractivity contribution in [3.63, 3.8) is 0 Å². The van der Waals surface area contributed by atoms with Gasteiger partial charge in [0.2, 0.25) is 70.9 Å². The van der Waals surface area contributed by atoms with Crippen LogP contribution in [0.2, 0.25) is 0 Å². The summed E-state index contributed by atoms with van der Waals surface area (Å²) in [6.45, 7) is 6.20. The molecule has 0 bridgehead atoms. The molecule has 10 atom stereocenters. The van der Waals surface area contributed by atoms with E-state index in [4.69, 9.17) is 0 Å². The minimum atomic E-state index is -5.15. The number of amides is 12. The third-order valence-electron chi connectivity index (χ3n) is 22.9. The quantitative estimate of drug-likeness (QED) is 0.220. The summed E-state index contributed by atoms with van der Waals surface area (Å²) in [5.41, 5.74) is -1.61. The number of rotatable bonds is 11. The molecule has 1 spiro atoms. The van der Waals surface area contributed by atoms with Crippen molar-refractivity contribution in [1.29, 1.82) is 0 Å². The van der Waals surface area contributed by atoms with Gasteiger partial charge in [-0.2, -0.15) is 13.2 Å². The molecule has 7 fully saturated rings. The highest BCUT2D eigenvalue weighted by Gasteiger charge is 2.55. The predicted octanol–water partition coefficient (Wildman–Crippen LogP) is 5.38. The topological polar surface area (TPSA) is 270 Å². The first-order valence-electron chi connectivity index (χ1n) is 36.8. The van der Waals surface area contributed by atoms with E-state index in [1.54, 1.807) is 11.8 Å². The number of alkyl halides is 5. The minimum absolute atomic E-state index is 0.0116. The lowest BCUT2D eigenvalue weighted by atomic mass is 9.76. The van der Waals surface area contributed by atoms with Gasteiger partial charge in [0.15, 0.2) is 0 Å². The highest BCUT2D eigenvalue weighted by Crippen LogP contribution is 2.45. The van der Waals surface area contributed by atoms with Gasteiger partial charge in [-0.1, -0.05) is 91.9 Å². The fraction of sp³-hybridized carbons (Fsp3) is 0.831. The number of hydrogen-bond acceptors (Lipinski definition) is 12. The monoisotopic (exact) mass is 1420 g/mol. The van der Waals surface area contributed by atoms with E-state index in [1.807, 2.05) is 20.8 Å². The molecule has 7 rings (SSSR count). The highest BCUT2D eigenvalue weighted by molar-refractivity contribution is 6.00. The number of likely N-dealkylation sites (tertiary alicyclic amines) is 1. The standard InChI is InChI=1S/C71H113F5N12O12/c1-12-44(4)60-67(98)82(7)41-57(91)80(5)42-58(92)84(9)53(38-45-23-14-13-15-24-45)65(96)81(6)40-55(89)77-50(29-28-46-36-48(72)59(49(73)37-46)71(74,75)76)64(95)88-34-22-27-51(88)63(94)79-70(30-18-19-31-70)69(100)86(11)61(47-25-16-17-26-47)68(99)85(10)54(66(97)87-32-20-21-33-87)39-56(90)83(8)52(35-43(2)3)62(93)78-60/h43-54,59-61H,12-42H2,1-11H3,(H,77,89)(H,78,93)(H,79,94)/t44-,46?,48?,49?,50-,51-,52-,53-,54-,59?,60-,61-/m0/s1. The van der Waals surface area contributed by atoms with Crippen LogP contribution in [0.1, 0.15) is 188 Å². The van der Waals surface area contributed by atoms with Crippen LogP contribution < -0.4 is 16.0 Å². The van der Waals surface area contributed by atoms with Gasteiger partial charge >= 0.3 is 6.18 Å². The Morgan fingerprint density at radius 2 is 1.15 bits per heavy atom. The van der Waals surface area contributed by atoms with Crippen molar-refractivity contribution in [2.75, 3.05) is 88.6 Å². The molecule has 0 radical (unpaired) electrons. The Morgan fingerprint density at radius 3 is 1.74 bits per heavy atom. The molecular weight excluding hydrogens is 1310 g/mol. The van der Waals surface area contributed by atoms with Gasteiger partial charge in [-0.05, 0) is 119 Å². The van der Waals surface area contributed by atoms with Crippen LogP contribution in [-0.2, 0) is 57.5 Å². The minimum Gasteiger partial charge on any atom is -0.343 e. The van der Waals surface area contributed by atoms with Gasteiger partial charge in [0.05, 0.1) is 26.1 Å². The zero-order chi connectivity index (χ0) is 73.8. The lowest BCUT2D eigenvalue weighted by Crippen LogP contribution is -2.65. The van der Waals surface area contributed by atoms with E-state index in [2.05, 4.69) is 16.0 Å². The highest BCUT2D eigenvalue weighted by atomic mass is 19.4. The van der Waals surface area contributed by atoms with Crippen molar-refractivity contribution in [3.8, 4) is 0 Å². The normalized spacial score (nSPS) is 30.6. The van der Waals surface area contributed by atoms with Crippen LogP contribution in [0.25, 0.3) is 0 Å². The van der Waals surface area contributed by atoms with Crippen LogP contribution in [-0.4, -0.2) is 270 Å². The van der Waals surface area contributed by atoms with E-state index >= 15 is 28.0 Å². The molecule has 24 nitrogen and oxygen atoms in total. The van der Waals surface area contributed by atoms with E-state index in [0.29, 0.717) is 58.0 Å². The molecule has 3 saturated heterocycles. The molecule has 12 amide bonds. The maximum absolute atomic E-state index is 15.6. The Balaban J connectivity index is 1.27. The van der Waals surface area contributed by atoms with E-state index < -0.39 is 200 Å². The van der Waals surface area contributed by atoms with Gasteiger partial charge in [-0.15, -0.1) is 0 Å². The fourth-order valence-corrected chi connectivity index (χ4v) is 16.5. The molecular formula is C71H113F5N12O12. The van der Waals surface area contributed by atoms with Crippen LogP contribution in [0.4, 0.5) is 22.0 Å². The van der Waals surface area contributed by atoms with Gasteiger partial charge < -0.3 is 60.0 Å². The number of nitrogens with one attached hydrogen (secondary N) is 3. The summed E-state index contributed by atoms with van der Waals surface area (Å²) in [5, 5.41) is 8.61. The Bertz CT molecular complexity index is 2910. The van der Waals surface area contributed by atoms with Crippen LogP contribution in [0.15, 0.2) is 0 Å². The Morgan fingerprint density at radius 1 is 0.570 bits per heavy atom. The van der Waals surface area contributed by atoms with Gasteiger partial charge in [0.25, 0.3) is 0 Å². The predicted molar refractivity (Wildman–Crippen MR) is 361 cm³/mol. The molecule has 3 N–H and O–H groups in total. The first-order chi connectivity index (χ1) is 47.1. The maximum atomic E-state index is 15.6. The van der Waals surface area contributed by atoms with Crippen LogP contribution in [0.3, 0.4) is 0 Å². The summed E-state index contributed by atoms with van der Waals surface area (Å²) < 4.78 is 72.2. The third kappa shape index (κ3) is 19.7. The van der Waals surface area contributed by atoms with Crippen molar-refractivity contribution in [2.45, 2.75) is 255 Å². The van der Waals surface area contributed by atoms with E-state index in [1.165, 1.54) is 73.8 Å². The van der Waals surface area contributed by atoms with Crippen molar-refractivity contribution < 1.29 is 79.5 Å². The van der Waals surface area contributed by atoms with E-state index in [-0.39, 0.29) is 69.7 Å². The van der Waals surface area contributed by atoms with Crippen molar-refractivity contribution >= 4 is 70.9 Å². The Labute approximate surface area is 586 Å². The van der Waals surface area contributed by atoms with Crippen LogP contribution in [0.5, 0.6) is 0 Å². The molecule has 564 valence electrons. The lowest BCUT2D eigenvalue weighted by molar-refractivity contribution is -0.219. The number of hydrogen-bond donors (Lipinski definition) is 3. The molecule has 7 aliphatic rings. The SMILES string of the molecule is CC[C@H](C)[C@@H]1NC(=O)[C@H](CC(C)C)N(C)C(=O)C[C@@H](C(=O)N2CCCC2)N(C)C(=O)[C@H](C2CCCC2)N(C)C(=O)C2(CCCC2)NC(=O)[C@@H]2CCCN2C(=O)[C@H](CCC2CC(F)C(C(F)(F)F)C(F)C2)NC(=O)CN(C)C(=O)[C@H](CC2CCCCC2)N(C)C(=O)CN(C)C(=O)CN(C)C1=O. The van der Waals surface area contributed by atoms with Crippen LogP contribution >= 0.6 is 0 Å². The average molecular weight is 1420 g/mol. The summed E-state index contributed by atoms with van der Waals surface area (Å²) >= 11 is 0. The van der Waals surface area contributed by atoms with Crippen molar-refractivity contribution in [3.05, 3.63) is 0 Å². The van der Waals surface area contributed by atoms with Crippen LogP contribution in [0, 0.1) is 35.5 Å². The molecule has 0 aromatic carbocycles. The van der Waals surface area contributed by atoms with E-state index in [0.717, 1.165) is 59.6 Å². The summed E-state index contributed by atoms with van der Waals surface area (Å²) in [5.74, 6) is -13.1. The molecule has 4 aliphatic carbocycles. The fourth-order valence-electron chi connectivity index (χ4n) is 16.5. The maximum Gasteiger partial charge on any atom is 0.397 e. The summed E-state index contributed by atoms with van der Waals surface area (Å²) in [6, 6.07) is -8.97. The van der Waals surface area contributed by atoms with Gasteiger partial charge in [0.1, 0.15) is 66.1 Å². The Kier molecular flexibility index (Phi) is 28.6. The number of carbonyl (C=O) groups is 12. The summed E-state index contributed by atoms with van der Waals surface area (Å²) in [6.07, 6.45) is -2.40. The molecule has 4 saturated carbocycles. The smallest absolute Gasteiger partial charge is 0.343 e. The molecule has 2 unspecified atom stereocenters. The second-order valence-electron chi connectivity index (χ2n) is 30.6. The van der Waals surface area contributed by atoms with Crippen molar-refractivity contribution in [1.82, 2.24) is 60.0 Å². The number of fused-ring (bicyclic) bond motifs is 1. The number of likely N-dealkylation sites (N-methyl/N-ethyl adjacent to an activating group) is 7. The third-order valence-corrected chi connectivity index (χ3v) is 22.9. The Hall–Kier alpha value is -6.71. The zero-order valence-corrected chi connectivity index (χ0v) is 60.9. The first-order valence-corrected chi connectivity index (χ1v) is 36.8. The molecule has 100 heavy (non-hydrogen) atoms. The largest absolute Gasteiger partial charge is 0.397 e. The summed E-state index contributed by atoms with van der Waals surface area (Å²) in [4.78, 5) is 190. The average Bonchev–Trinajstić information content (AvgIpc) is 1.50. The first kappa shape index (κ1) is 80.6. The molecule has 3 heterocycles. The van der Waals surface area contributed by atoms with Gasteiger partial charge in [-0.3, -0.25) is 57.5 Å². The lowest BCUT2D eigenvalue weighted by Gasteiger charge is -2.42. The molecule has 0 aromatic rings. The zero-order valence-electron chi connectivity index (χ0n) is 60.9. The van der Waals surface area contributed by atoms with Gasteiger partial charge in [-0.25, -0.2) is 8.78 Å². The van der Waals surface area contributed by atoms with E-state index in [9.17, 15) is 51.5 Å². The number of nitrogens with zero attached hydrogens (tertiary/aromatic N) is 9. The molecule has 0 aromatic heterocycles.